The fraction of sp³-hybridized carbons (Fsp3) is 0.176. The van der Waals surface area contributed by atoms with Gasteiger partial charge in [-0.1, -0.05) is 24.3 Å². The van der Waals surface area contributed by atoms with Gasteiger partial charge in [-0.3, -0.25) is 9.59 Å². The number of rotatable bonds is 5. The predicted octanol–water partition coefficient (Wildman–Crippen LogP) is 3.76. The Balaban J connectivity index is 1.89. The van der Waals surface area contributed by atoms with Crippen LogP contribution in [0.3, 0.4) is 0 Å². The van der Waals surface area contributed by atoms with Crippen molar-refractivity contribution in [1.29, 1.82) is 0 Å². The van der Waals surface area contributed by atoms with Crippen LogP contribution in [-0.2, 0) is 0 Å². The molecule has 2 amide bonds. The smallest absolute Gasteiger partial charge is 0.252 e. The van der Waals surface area contributed by atoms with E-state index < -0.39 is 0 Å². The first-order valence-corrected chi connectivity index (χ1v) is 8.65. The molecule has 1 atom stereocenters. The van der Waals surface area contributed by atoms with Crippen LogP contribution in [0, 0.1) is 0 Å². The van der Waals surface area contributed by atoms with E-state index in [9.17, 15) is 9.59 Å². The Kier molecular flexibility index (Phi) is 6.36. The van der Waals surface area contributed by atoms with Crippen LogP contribution in [0.2, 0.25) is 0 Å². The molecule has 0 saturated carbocycles. The molecule has 0 aliphatic heterocycles. The average Bonchev–Trinajstić information content (AvgIpc) is 2.53. The molecular formula is C17H16Br2N2O2. The monoisotopic (exact) mass is 438 g/mol. The second-order valence-electron chi connectivity index (χ2n) is 5.04. The Hall–Kier alpha value is -1.66. The maximum atomic E-state index is 12.2. The molecule has 23 heavy (non-hydrogen) atoms. The van der Waals surface area contributed by atoms with E-state index in [1.54, 1.807) is 24.3 Å². The van der Waals surface area contributed by atoms with Gasteiger partial charge in [0.2, 0.25) is 0 Å². The fourth-order valence-corrected chi connectivity index (χ4v) is 2.91. The maximum Gasteiger partial charge on any atom is 0.252 e. The van der Waals surface area contributed by atoms with E-state index in [1.165, 1.54) is 0 Å². The topological polar surface area (TPSA) is 58.2 Å². The minimum absolute atomic E-state index is 0.180. The van der Waals surface area contributed by atoms with Crippen molar-refractivity contribution >= 4 is 43.7 Å². The fourth-order valence-electron chi connectivity index (χ4n) is 1.98. The molecular weight excluding hydrogens is 424 g/mol. The highest BCUT2D eigenvalue weighted by molar-refractivity contribution is 9.10. The zero-order chi connectivity index (χ0) is 16.8. The molecule has 0 heterocycles. The van der Waals surface area contributed by atoms with Gasteiger partial charge in [-0.25, -0.2) is 0 Å². The summed E-state index contributed by atoms with van der Waals surface area (Å²) in [5.41, 5.74) is 1.13. The van der Waals surface area contributed by atoms with Crippen LogP contribution in [0.5, 0.6) is 0 Å². The van der Waals surface area contributed by atoms with Crippen molar-refractivity contribution in [3.8, 4) is 0 Å². The van der Waals surface area contributed by atoms with Crippen molar-refractivity contribution in [2.24, 2.45) is 0 Å². The van der Waals surface area contributed by atoms with E-state index in [0.29, 0.717) is 17.7 Å². The summed E-state index contributed by atoms with van der Waals surface area (Å²) in [5.74, 6) is -0.361. The van der Waals surface area contributed by atoms with Gasteiger partial charge in [-0.2, -0.15) is 0 Å². The Morgan fingerprint density at radius 2 is 1.39 bits per heavy atom. The number of nitrogens with one attached hydrogen (secondary N) is 2. The lowest BCUT2D eigenvalue weighted by atomic mass is 10.2. The van der Waals surface area contributed by atoms with Gasteiger partial charge in [0.1, 0.15) is 0 Å². The van der Waals surface area contributed by atoms with Crippen LogP contribution >= 0.6 is 31.9 Å². The normalized spacial score (nSPS) is 11.6. The summed E-state index contributed by atoms with van der Waals surface area (Å²) in [6.07, 6.45) is 0. The van der Waals surface area contributed by atoms with E-state index in [2.05, 4.69) is 42.5 Å². The van der Waals surface area contributed by atoms with Gasteiger partial charge in [-0.05, 0) is 63.0 Å². The molecule has 0 radical (unpaired) electrons. The van der Waals surface area contributed by atoms with Crippen LogP contribution in [0.25, 0.3) is 0 Å². The largest absolute Gasteiger partial charge is 0.350 e. The quantitative estimate of drug-likeness (QED) is 0.745. The first-order chi connectivity index (χ1) is 11.0. The summed E-state index contributed by atoms with van der Waals surface area (Å²) < 4.78 is 1.48. The van der Waals surface area contributed by atoms with Gasteiger partial charge in [0.15, 0.2) is 0 Å². The van der Waals surface area contributed by atoms with Gasteiger partial charge < -0.3 is 10.6 Å². The molecule has 2 aromatic carbocycles. The Morgan fingerprint density at radius 3 is 1.91 bits per heavy atom. The van der Waals surface area contributed by atoms with Crippen LogP contribution in [0.4, 0.5) is 0 Å². The minimum Gasteiger partial charge on any atom is -0.350 e. The summed E-state index contributed by atoms with van der Waals surface area (Å²) in [6.45, 7) is 2.19. The lowest BCUT2D eigenvalue weighted by Gasteiger charge is -2.15. The van der Waals surface area contributed by atoms with Gasteiger partial charge in [0, 0.05) is 21.5 Å². The van der Waals surface area contributed by atoms with Crippen molar-refractivity contribution in [3.05, 3.63) is 68.6 Å². The zero-order valence-electron chi connectivity index (χ0n) is 12.5. The van der Waals surface area contributed by atoms with Crippen LogP contribution < -0.4 is 10.6 Å². The minimum atomic E-state index is -0.193. The van der Waals surface area contributed by atoms with E-state index in [0.717, 1.165) is 8.95 Å². The van der Waals surface area contributed by atoms with Crippen molar-refractivity contribution in [2.45, 2.75) is 13.0 Å². The van der Waals surface area contributed by atoms with E-state index >= 15 is 0 Å². The lowest BCUT2D eigenvalue weighted by Crippen LogP contribution is -2.42. The number of carbonyl (C=O) groups excluding carboxylic acids is 2. The third kappa shape index (κ3) is 4.91. The summed E-state index contributed by atoms with van der Waals surface area (Å²) >= 11 is 6.70. The molecule has 120 valence electrons. The predicted molar refractivity (Wildman–Crippen MR) is 97.5 cm³/mol. The molecule has 0 aromatic heterocycles. The molecule has 0 spiro atoms. The molecule has 0 aliphatic carbocycles. The molecule has 0 fully saturated rings. The third-order valence-corrected chi connectivity index (χ3v) is 4.57. The zero-order valence-corrected chi connectivity index (χ0v) is 15.6. The van der Waals surface area contributed by atoms with Crippen LogP contribution in [0.1, 0.15) is 27.6 Å². The second-order valence-corrected chi connectivity index (χ2v) is 6.75. The van der Waals surface area contributed by atoms with Crippen molar-refractivity contribution in [1.82, 2.24) is 10.6 Å². The summed E-state index contributed by atoms with van der Waals surface area (Å²) in [4.78, 5) is 24.3. The molecule has 6 heteroatoms. The van der Waals surface area contributed by atoms with Crippen molar-refractivity contribution < 1.29 is 9.59 Å². The standard InChI is InChI=1S/C17H16Br2N2O2/c1-11(21-17(23)13-7-3-5-9-15(13)19)10-20-16(22)12-6-2-4-8-14(12)18/h2-9,11H,10H2,1H3,(H,20,22)(H,21,23). The number of benzene rings is 2. The Labute approximate surface area is 151 Å². The van der Waals surface area contributed by atoms with Crippen molar-refractivity contribution in [2.75, 3.05) is 6.54 Å². The Morgan fingerprint density at radius 1 is 0.913 bits per heavy atom. The Bertz CT molecular complexity index is 719. The summed E-state index contributed by atoms with van der Waals surface area (Å²) in [7, 11) is 0. The highest BCUT2D eigenvalue weighted by Crippen LogP contribution is 2.16. The van der Waals surface area contributed by atoms with E-state index in [4.69, 9.17) is 0 Å². The number of hydrogen-bond donors (Lipinski definition) is 2. The number of halogens is 2. The highest BCUT2D eigenvalue weighted by Gasteiger charge is 2.14. The number of carbonyl (C=O) groups is 2. The molecule has 1 unspecified atom stereocenters. The van der Waals surface area contributed by atoms with Gasteiger partial charge in [0.25, 0.3) is 11.8 Å². The summed E-state index contributed by atoms with van der Waals surface area (Å²) in [5, 5.41) is 5.68. The molecule has 0 saturated heterocycles. The second kappa shape index (κ2) is 8.26. The molecule has 2 N–H and O–H groups in total. The highest BCUT2D eigenvalue weighted by atomic mass is 79.9. The average molecular weight is 440 g/mol. The molecule has 0 bridgehead atoms. The first kappa shape index (κ1) is 17.7. The van der Waals surface area contributed by atoms with Crippen LogP contribution in [-0.4, -0.2) is 24.4 Å². The van der Waals surface area contributed by atoms with Gasteiger partial charge in [-0.15, -0.1) is 0 Å². The third-order valence-electron chi connectivity index (χ3n) is 3.18. The first-order valence-electron chi connectivity index (χ1n) is 7.07. The maximum absolute atomic E-state index is 12.2. The van der Waals surface area contributed by atoms with Crippen LogP contribution in [0.15, 0.2) is 57.5 Å². The molecule has 2 rings (SSSR count). The lowest BCUT2D eigenvalue weighted by molar-refractivity contribution is 0.0911. The van der Waals surface area contributed by atoms with E-state index in [1.807, 2.05) is 31.2 Å². The molecule has 4 nitrogen and oxygen atoms in total. The summed E-state index contributed by atoms with van der Waals surface area (Å²) in [6, 6.07) is 14.2. The number of hydrogen-bond acceptors (Lipinski definition) is 2. The SMILES string of the molecule is CC(CNC(=O)c1ccccc1Br)NC(=O)c1ccccc1Br. The van der Waals surface area contributed by atoms with Gasteiger partial charge >= 0.3 is 0 Å². The van der Waals surface area contributed by atoms with Gasteiger partial charge in [0.05, 0.1) is 11.1 Å². The molecule has 0 aliphatic rings. The van der Waals surface area contributed by atoms with Crippen molar-refractivity contribution in [3.63, 3.8) is 0 Å². The molecule has 2 aromatic rings. The number of amides is 2. The van der Waals surface area contributed by atoms with E-state index in [-0.39, 0.29) is 17.9 Å².